The molecule has 0 aliphatic heterocycles. The number of rotatable bonds is 2. The minimum Gasteiger partial charge on any atom is -0.289 e. The lowest BCUT2D eigenvalue weighted by Crippen LogP contribution is -2.27. The van der Waals surface area contributed by atoms with E-state index < -0.39 is 0 Å². The van der Waals surface area contributed by atoms with Crippen molar-refractivity contribution >= 4 is 15.9 Å². The summed E-state index contributed by atoms with van der Waals surface area (Å²) in [5.41, 5.74) is 2.18. The van der Waals surface area contributed by atoms with E-state index in [2.05, 4.69) is 26.0 Å². The van der Waals surface area contributed by atoms with E-state index in [1.165, 1.54) is 0 Å². The van der Waals surface area contributed by atoms with Gasteiger partial charge >= 0.3 is 5.69 Å². The van der Waals surface area contributed by atoms with Crippen molar-refractivity contribution in [1.29, 1.82) is 0 Å². The van der Waals surface area contributed by atoms with Crippen LogP contribution in [0.2, 0.25) is 0 Å². The van der Waals surface area contributed by atoms with Gasteiger partial charge in [0.25, 0.3) is 0 Å². The fourth-order valence-corrected chi connectivity index (χ4v) is 1.98. The Balaban J connectivity index is 2.46. The van der Waals surface area contributed by atoms with Gasteiger partial charge in [0.15, 0.2) is 0 Å². The van der Waals surface area contributed by atoms with Crippen LogP contribution in [0.3, 0.4) is 0 Å². The standard InChI is InChI=1S/C11H13BrN4O/c1-7-10(12)8(2)16(11(17)13-7)6-9-4-5-15(3)14-9/h4-5H,6H2,1-3H3. The fourth-order valence-electron chi connectivity index (χ4n) is 1.67. The van der Waals surface area contributed by atoms with Crippen LogP contribution in [0.15, 0.2) is 21.5 Å². The molecule has 0 aromatic carbocycles. The first-order valence-corrected chi connectivity index (χ1v) is 6.00. The van der Waals surface area contributed by atoms with Crippen molar-refractivity contribution in [2.75, 3.05) is 0 Å². The van der Waals surface area contributed by atoms with Crippen molar-refractivity contribution in [3.05, 3.63) is 44.3 Å². The summed E-state index contributed by atoms with van der Waals surface area (Å²) in [6.45, 7) is 4.14. The van der Waals surface area contributed by atoms with Crippen molar-refractivity contribution in [2.45, 2.75) is 20.4 Å². The SMILES string of the molecule is Cc1nc(=O)n(Cc2ccn(C)n2)c(C)c1Br. The minimum absolute atomic E-state index is 0.242. The maximum absolute atomic E-state index is 11.8. The molecule has 0 atom stereocenters. The van der Waals surface area contributed by atoms with Crippen molar-refractivity contribution in [3.63, 3.8) is 0 Å². The quantitative estimate of drug-likeness (QED) is 0.842. The molecule has 0 N–H and O–H groups in total. The Morgan fingerprint density at radius 2 is 2.12 bits per heavy atom. The molecule has 0 amide bonds. The van der Waals surface area contributed by atoms with Crippen molar-refractivity contribution in [1.82, 2.24) is 19.3 Å². The van der Waals surface area contributed by atoms with E-state index >= 15 is 0 Å². The maximum atomic E-state index is 11.8. The van der Waals surface area contributed by atoms with E-state index in [0.717, 1.165) is 15.9 Å². The Morgan fingerprint density at radius 3 is 2.71 bits per heavy atom. The monoisotopic (exact) mass is 296 g/mol. The number of nitrogens with zero attached hydrogens (tertiary/aromatic N) is 4. The van der Waals surface area contributed by atoms with Gasteiger partial charge in [0.2, 0.25) is 0 Å². The summed E-state index contributed by atoms with van der Waals surface area (Å²) in [6.07, 6.45) is 1.85. The molecule has 2 rings (SSSR count). The summed E-state index contributed by atoms with van der Waals surface area (Å²) in [6, 6.07) is 1.89. The first-order chi connectivity index (χ1) is 7.99. The highest BCUT2D eigenvalue weighted by atomic mass is 79.9. The average molecular weight is 297 g/mol. The van der Waals surface area contributed by atoms with Gasteiger partial charge < -0.3 is 0 Å². The zero-order chi connectivity index (χ0) is 12.6. The van der Waals surface area contributed by atoms with Gasteiger partial charge in [0.05, 0.1) is 22.4 Å². The molecule has 0 unspecified atom stereocenters. The van der Waals surface area contributed by atoms with Crippen molar-refractivity contribution < 1.29 is 0 Å². The molecular formula is C11H13BrN4O. The molecule has 2 aromatic heterocycles. The second kappa shape index (κ2) is 4.44. The summed E-state index contributed by atoms with van der Waals surface area (Å²) >= 11 is 3.43. The van der Waals surface area contributed by atoms with E-state index in [0.29, 0.717) is 12.2 Å². The molecule has 17 heavy (non-hydrogen) atoms. The highest BCUT2D eigenvalue weighted by Crippen LogP contribution is 2.17. The third-order valence-electron chi connectivity index (χ3n) is 2.62. The summed E-state index contributed by atoms with van der Waals surface area (Å²) in [7, 11) is 1.85. The van der Waals surface area contributed by atoms with E-state index in [4.69, 9.17) is 0 Å². The third kappa shape index (κ3) is 2.31. The van der Waals surface area contributed by atoms with Gasteiger partial charge in [0, 0.05) is 18.9 Å². The van der Waals surface area contributed by atoms with E-state index in [1.807, 2.05) is 33.2 Å². The van der Waals surface area contributed by atoms with Crippen molar-refractivity contribution in [2.24, 2.45) is 7.05 Å². The molecule has 5 nitrogen and oxygen atoms in total. The highest BCUT2D eigenvalue weighted by Gasteiger charge is 2.10. The van der Waals surface area contributed by atoms with E-state index in [1.54, 1.807) is 9.25 Å². The van der Waals surface area contributed by atoms with Gasteiger partial charge in [-0.2, -0.15) is 10.1 Å². The lowest BCUT2D eigenvalue weighted by molar-refractivity contribution is 0.654. The Bertz CT molecular complexity index is 614. The van der Waals surface area contributed by atoms with Gasteiger partial charge in [-0.15, -0.1) is 0 Å². The topological polar surface area (TPSA) is 52.7 Å². The maximum Gasteiger partial charge on any atom is 0.348 e. The molecule has 6 heteroatoms. The molecule has 0 aliphatic carbocycles. The normalized spacial score (nSPS) is 10.8. The van der Waals surface area contributed by atoms with E-state index in [9.17, 15) is 4.79 Å². The van der Waals surface area contributed by atoms with Crippen LogP contribution in [0.25, 0.3) is 0 Å². The molecule has 2 aromatic rings. The third-order valence-corrected chi connectivity index (χ3v) is 3.77. The Morgan fingerprint density at radius 1 is 1.41 bits per heavy atom. The molecule has 0 saturated heterocycles. The summed E-state index contributed by atoms with van der Waals surface area (Å²) in [4.78, 5) is 15.8. The number of aromatic nitrogens is 4. The Labute approximate surface area is 107 Å². The molecule has 0 spiro atoms. The number of aryl methyl sites for hydroxylation is 2. The first-order valence-electron chi connectivity index (χ1n) is 5.21. The zero-order valence-electron chi connectivity index (χ0n) is 9.94. The molecule has 90 valence electrons. The van der Waals surface area contributed by atoms with Crippen LogP contribution >= 0.6 is 15.9 Å². The summed E-state index contributed by atoms with van der Waals surface area (Å²) in [5.74, 6) is 0. The van der Waals surface area contributed by atoms with Gasteiger partial charge in [-0.3, -0.25) is 9.25 Å². The van der Waals surface area contributed by atoms with Crippen LogP contribution in [0, 0.1) is 13.8 Å². The van der Waals surface area contributed by atoms with Gasteiger partial charge in [0.1, 0.15) is 0 Å². The average Bonchev–Trinajstić information content (AvgIpc) is 2.67. The number of halogens is 1. The lowest BCUT2D eigenvalue weighted by atomic mass is 10.3. The molecule has 0 saturated carbocycles. The Kier molecular flexibility index (Phi) is 3.15. The largest absolute Gasteiger partial charge is 0.348 e. The number of hydrogen-bond acceptors (Lipinski definition) is 3. The molecule has 0 aliphatic rings. The molecule has 2 heterocycles. The lowest BCUT2D eigenvalue weighted by Gasteiger charge is -2.10. The van der Waals surface area contributed by atoms with Crippen molar-refractivity contribution in [3.8, 4) is 0 Å². The van der Waals surface area contributed by atoms with Gasteiger partial charge in [-0.1, -0.05) is 0 Å². The van der Waals surface area contributed by atoms with Crippen LogP contribution < -0.4 is 5.69 Å². The summed E-state index contributed by atoms with van der Waals surface area (Å²) < 4.78 is 4.19. The first kappa shape index (κ1) is 12.0. The summed E-state index contributed by atoms with van der Waals surface area (Å²) in [5, 5.41) is 4.25. The molecule has 0 bridgehead atoms. The second-order valence-corrected chi connectivity index (χ2v) is 4.74. The Hall–Kier alpha value is -1.43. The minimum atomic E-state index is -0.242. The molecule has 0 radical (unpaired) electrons. The van der Waals surface area contributed by atoms with E-state index in [-0.39, 0.29) is 5.69 Å². The second-order valence-electron chi connectivity index (χ2n) is 3.95. The molecule has 0 fully saturated rings. The zero-order valence-corrected chi connectivity index (χ0v) is 11.5. The number of hydrogen-bond donors (Lipinski definition) is 0. The predicted molar refractivity (Wildman–Crippen MR) is 68.0 cm³/mol. The van der Waals surface area contributed by atoms with Crippen LogP contribution in [0.5, 0.6) is 0 Å². The smallest absolute Gasteiger partial charge is 0.289 e. The van der Waals surface area contributed by atoms with Crippen LogP contribution in [0.4, 0.5) is 0 Å². The van der Waals surface area contributed by atoms with Crippen LogP contribution in [0.1, 0.15) is 17.1 Å². The van der Waals surface area contributed by atoms with Crippen LogP contribution in [-0.4, -0.2) is 19.3 Å². The predicted octanol–water partition coefficient (Wildman–Crippen LogP) is 1.40. The van der Waals surface area contributed by atoms with Gasteiger partial charge in [-0.25, -0.2) is 4.79 Å². The molecular weight excluding hydrogens is 284 g/mol. The highest BCUT2D eigenvalue weighted by molar-refractivity contribution is 9.10. The van der Waals surface area contributed by atoms with Gasteiger partial charge in [-0.05, 0) is 35.8 Å². The van der Waals surface area contributed by atoms with Crippen LogP contribution in [-0.2, 0) is 13.6 Å². The fraction of sp³-hybridized carbons (Fsp3) is 0.364.